The van der Waals surface area contributed by atoms with Gasteiger partial charge < -0.3 is 9.64 Å². The monoisotopic (exact) mass is 318 g/mol. The zero-order chi connectivity index (χ0) is 15.3. The molecule has 122 valence electrons. The van der Waals surface area contributed by atoms with Crippen LogP contribution in [0, 0.1) is 5.92 Å². The van der Waals surface area contributed by atoms with Gasteiger partial charge in [-0.1, -0.05) is 13.3 Å². The van der Waals surface area contributed by atoms with E-state index in [0.717, 1.165) is 19.3 Å². The summed E-state index contributed by atoms with van der Waals surface area (Å²) >= 11 is 0. The molecule has 0 N–H and O–H groups in total. The third-order valence-electron chi connectivity index (χ3n) is 4.21. The number of amides is 1. The van der Waals surface area contributed by atoms with Gasteiger partial charge in [-0.05, 0) is 19.3 Å². The Morgan fingerprint density at radius 3 is 2.62 bits per heavy atom. The molecule has 2 rings (SSSR count). The zero-order valence-corrected chi connectivity index (χ0v) is 13.6. The number of sulfonamides is 1. The zero-order valence-electron chi connectivity index (χ0n) is 12.8. The highest BCUT2D eigenvalue weighted by atomic mass is 32.2. The molecule has 1 amide bonds. The first-order valence-electron chi connectivity index (χ1n) is 7.89. The molecule has 0 unspecified atom stereocenters. The Hall–Kier alpha value is -0.660. The molecule has 6 nitrogen and oxygen atoms in total. The van der Waals surface area contributed by atoms with Crippen molar-refractivity contribution in [2.45, 2.75) is 32.6 Å². The number of hydrogen-bond acceptors (Lipinski definition) is 4. The van der Waals surface area contributed by atoms with Gasteiger partial charge in [0, 0.05) is 26.2 Å². The van der Waals surface area contributed by atoms with E-state index in [-0.39, 0.29) is 17.6 Å². The molecule has 2 heterocycles. The second kappa shape index (κ2) is 7.56. The Morgan fingerprint density at radius 2 is 1.95 bits per heavy atom. The van der Waals surface area contributed by atoms with Gasteiger partial charge in [0.2, 0.25) is 15.9 Å². The number of carbonyl (C=O) groups is 1. The van der Waals surface area contributed by atoms with Crippen LogP contribution >= 0.6 is 0 Å². The first-order chi connectivity index (χ1) is 10.0. The molecule has 1 atom stereocenters. The smallest absolute Gasteiger partial charge is 0.227 e. The Balaban J connectivity index is 1.95. The second-order valence-corrected chi connectivity index (χ2v) is 7.89. The molecule has 0 bridgehead atoms. The summed E-state index contributed by atoms with van der Waals surface area (Å²) in [6.07, 6.45) is 3.10. The third-order valence-corrected chi connectivity index (χ3v) is 6.13. The molecule has 7 heteroatoms. The van der Waals surface area contributed by atoms with Crippen molar-refractivity contribution in [3.05, 3.63) is 0 Å². The molecule has 0 aromatic heterocycles. The maximum Gasteiger partial charge on any atom is 0.227 e. The molecule has 0 spiro atoms. The van der Waals surface area contributed by atoms with E-state index in [4.69, 9.17) is 4.74 Å². The predicted octanol–water partition coefficient (Wildman–Crippen LogP) is 0.687. The van der Waals surface area contributed by atoms with Gasteiger partial charge in [-0.3, -0.25) is 4.79 Å². The number of rotatable bonds is 5. The first kappa shape index (κ1) is 16.7. The van der Waals surface area contributed by atoms with Crippen molar-refractivity contribution >= 4 is 15.9 Å². The van der Waals surface area contributed by atoms with Crippen LogP contribution in [0.25, 0.3) is 0 Å². The standard InChI is InChI=1S/C14H26N2O4S/c1-2-3-11-21(18,19)16-6-4-5-13(12-16)14(17)15-7-9-20-10-8-15/h13H,2-12H2,1H3/t13-/m1/s1. The van der Waals surface area contributed by atoms with E-state index in [2.05, 4.69) is 0 Å². The highest BCUT2D eigenvalue weighted by Gasteiger charge is 2.34. The number of hydrogen-bond donors (Lipinski definition) is 0. The lowest BCUT2D eigenvalue weighted by Gasteiger charge is -2.35. The van der Waals surface area contributed by atoms with Gasteiger partial charge in [-0.15, -0.1) is 0 Å². The van der Waals surface area contributed by atoms with Crippen LogP contribution in [0.3, 0.4) is 0 Å². The van der Waals surface area contributed by atoms with Crippen molar-refractivity contribution in [2.24, 2.45) is 5.92 Å². The number of unbranched alkanes of at least 4 members (excludes halogenated alkanes) is 1. The minimum Gasteiger partial charge on any atom is -0.378 e. The van der Waals surface area contributed by atoms with Crippen LogP contribution < -0.4 is 0 Å². The topological polar surface area (TPSA) is 66.9 Å². The molecule has 0 aromatic rings. The van der Waals surface area contributed by atoms with Crippen LogP contribution in [-0.2, 0) is 19.6 Å². The predicted molar refractivity (Wildman–Crippen MR) is 80.4 cm³/mol. The molecule has 2 aliphatic heterocycles. The normalized spacial score (nSPS) is 25.0. The van der Waals surface area contributed by atoms with E-state index in [1.165, 1.54) is 4.31 Å². The number of piperidine rings is 1. The summed E-state index contributed by atoms with van der Waals surface area (Å²) in [6.45, 7) is 5.29. The molecule has 2 fully saturated rings. The summed E-state index contributed by atoms with van der Waals surface area (Å²) in [5.41, 5.74) is 0. The molecule has 0 aromatic carbocycles. The summed E-state index contributed by atoms with van der Waals surface area (Å²) in [5.74, 6) is 0.101. The number of nitrogens with zero attached hydrogens (tertiary/aromatic N) is 2. The first-order valence-corrected chi connectivity index (χ1v) is 9.50. The van der Waals surface area contributed by atoms with E-state index >= 15 is 0 Å². The summed E-state index contributed by atoms with van der Waals surface area (Å²) in [5, 5.41) is 0. The SMILES string of the molecule is CCCCS(=O)(=O)N1CCC[C@@H](C(=O)N2CCOCC2)C1. The Labute approximate surface area is 127 Å². The summed E-state index contributed by atoms with van der Waals surface area (Å²) in [7, 11) is -3.20. The Kier molecular flexibility index (Phi) is 6.01. The maximum absolute atomic E-state index is 12.5. The van der Waals surface area contributed by atoms with Crippen molar-refractivity contribution in [3.63, 3.8) is 0 Å². The van der Waals surface area contributed by atoms with E-state index in [9.17, 15) is 13.2 Å². The Bertz CT molecular complexity index is 446. The van der Waals surface area contributed by atoms with Crippen molar-refractivity contribution in [1.29, 1.82) is 0 Å². The van der Waals surface area contributed by atoms with Gasteiger partial charge in [-0.25, -0.2) is 12.7 Å². The minimum absolute atomic E-state index is 0.0914. The van der Waals surface area contributed by atoms with Gasteiger partial charge >= 0.3 is 0 Å². The molecule has 2 saturated heterocycles. The van der Waals surface area contributed by atoms with Crippen LogP contribution in [0.5, 0.6) is 0 Å². The third kappa shape index (κ3) is 4.40. The number of morpholine rings is 1. The van der Waals surface area contributed by atoms with Gasteiger partial charge in [0.25, 0.3) is 0 Å². The van der Waals surface area contributed by atoms with Crippen LogP contribution in [0.15, 0.2) is 0 Å². The van der Waals surface area contributed by atoms with Crippen LogP contribution in [0.4, 0.5) is 0 Å². The van der Waals surface area contributed by atoms with Gasteiger partial charge in [-0.2, -0.15) is 0 Å². The van der Waals surface area contributed by atoms with E-state index in [1.54, 1.807) is 0 Å². The van der Waals surface area contributed by atoms with E-state index in [1.807, 2.05) is 11.8 Å². The van der Waals surface area contributed by atoms with E-state index in [0.29, 0.717) is 45.8 Å². The largest absolute Gasteiger partial charge is 0.378 e. The summed E-state index contributed by atoms with van der Waals surface area (Å²) < 4.78 is 31.3. The van der Waals surface area contributed by atoms with Crippen molar-refractivity contribution in [3.8, 4) is 0 Å². The summed E-state index contributed by atoms with van der Waals surface area (Å²) in [4.78, 5) is 14.3. The molecule has 2 aliphatic rings. The van der Waals surface area contributed by atoms with Gasteiger partial charge in [0.1, 0.15) is 0 Å². The second-order valence-electron chi connectivity index (χ2n) is 5.80. The van der Waals surface area contributed by atoms with Crippen molar-refractivity contribution < 1.29 is 17.9 Å². The fraction of sp³-hybridized carbons (Fsp3) is 0.929. The lowest BCUT2D eigenvalue weighted by molar-refractivity contribution is -0.140. The maximum atomic E-state index is 12.5. The lowest BCUT2D eigenvalue weighted by Crippen LogP contribution is -2.49. The van der Waals surface area contributed by atoms with Crippen LogP contribution in [0.2, 0.25) is 0 Å². The fourth-order valence-electron chi connectivity index (χ4n) is 2.89. The molecule has 21 heavy (non-hydrogen) atoms. The average Bonchev–Trinajstić information content (AvgIpc) is 2.53. The highest BCUT2D eigenvalue weighted by molar-refractivity contribution is 7.89. The Morgan fingerprint density at radius 1 is 1.24 bits per heavy atom. The highest BCUT2D eigenvalue weighted by Crippen LogP contribution is 2.22. The average molecular weight is 318 g/mol. The lowest BCUT2D eigenvalue weighted by atomic mass is 9.98. The van der Waals surface area contributed by atoms with Crippen LogP contribution in [-0.4, -0.2) is 68.7 Å². The van der Waals surface area contributed by atoms with Crippen LogP contribution in [0.1, 0.15) is 32.6 Å². The molecular formula is C14H26N2O4S. The molecule has 0 radical (unpaired) electrons. The minimum atomic E-state index is -3.20. The quantitative estimate of drug-likeness (QED) is 0.748. The molecular weight excluding hydrogens is 292 g/mol. The van der Waals surface area contributed by atoms with E-state index < -0.39 is 10.0 Å². The van der Waals surface area contributed by atoms with Gasteiger partial charge in [0.05, 0.1) is 24.9 Å². The number of carbonyl (C=O) groups excluding carboxylic acids is 1. The van der Waals surface area contributed by atoms with Gasteiger partial charge in [0.15, 0.2) is 0 Å². The van der Waals surface area contributed by atoms with Crippen molar-refractivity contribution in [1.82, 2.24) is 9.21 Å². The summed E-state index contributed by atoms with van der Waals surface area (Å²) in [6, 6.07) is 0. The number of ether oxygens (including phenoxy) is 1. The fourth-order valence-corrected chi connectivity index (χ4v) is 4.62. The molecule has 0 saturated carbocycles. The van der Waals surface area contributed by atoms with Crippen molar-refractivity contribution in [2.75, 3.05) is 45.1 Å². The molecule has 0 aliphatic carbocycles.